The molecule has 158 valence electrons. The van der Waals surface area contributed by atoms with Crippen molar-refractivity contribution in [2.45, 2.75) is 26.2 Å². The van der Waals surface area contributed by atoms with Gasteiger partial charge in [0.25, 0.3) is 0 Å². The van der Waals surface area contributed by atoms with Crippen LogP contribution in [0.3, 0.4) is 0 Å². The van der Waals surface area contributed by atoms with Crippen molar-refractivity contribution >= 4 is 23.5 Å². The minimum absolute atomic E-state index is 0.0636. The molecule has 0 aliphatic carbocycles. The van der Waals surface area contributed by atoms with Crippen molar-refractivity contribution in [2.75, 3.05) is 25.0 Å². The molecule has 2 aromatic rings. The van der Waals surface area contributed by atoms with Gasteiger partial charge in [0.05, 0.1) is 18.1 Å². The van der Waals surface area contributed by atoms with Crippen LogP contribution in [0.5, 0.6) is 0 Å². The fourth-order valence-corrected chi connectivity index (χ4v) is 3.29. The van der Waals surface area contributed by atoms with Gasteiger partial charge in [-0.3, -0.25) is 9.59 Å². The van der Waals surface area contributed by atoms with Crippen molar-refractivity contribution in [1.82, 2.24) is 4.90 Å². The second kappa shape index (κ2) is 10.0. The predicted octanol–water partition coefficient (Wildman–Crippen LogP) is 3.42. The number of carbonyl (C=O) groups is 3. The number of amides is 2. The van der Waals surface area contributed by atoms with E-state index in [1.54, 1.807) is 41.3 Å². The van der Waals surface area contributed by atoms with Gasteiger partial charge in [-0.25, -0.2) is 9.18 Å². The van der Waals surface area contributed by atoms with Gasteiger partial charge in [0, 0.05) is 25.2 Å². The van der Waals surface area contributed by atoms with Gasteiger partial charge in [-0.05, 0) is 54.8 Å². The smallest absolute Gasteiger partial charge is 0.338 e. The van der Waals surface area contributed by atoms with Crippen LogP contribution >= 0.6 is 0 Å². The maximum Gasteiger partial charge on any atom is 0.338 e. The number of halogens is 1. The van der Waals surface area contributed by atoms with Crippen LogP contribution in [-0.2, 0) is 20.7 Å². The maximum atomic E-state index is 13.0. The van der Waals surface area contributed by atoms with Gasteiger partial charge in [-0.1, -0.05) is 19.1 Å². The van der Waals surface area contributed by atoms with Crippen LogP contribution in [-0.4, -0.2) is 42.4 Å². The number of carbonyl (C=O) groups excluding carboxylic acids is 3. The normalized spacial score (nSPS) is 15.9. The molecule has 1 heterocycles. The molecule has 1 fully saturated rings. The van der Waals surface area contributed by atoms with E-state index in [9.17, 15) is 18.8 Å². The summed E-state index contributed by atoms with van der Waals surface area (Å²) in [5.74, 6) is -1.41. The molecular weight excluding hydrogens is 387 g/mol. The Morgan fingerprint density at radius 2 is 1.83 bits per heavy atom. The van der Waals surface area contributed by atoms with Crippen LogP contribution in [0.2, 0.25) is 0 Å². The quantitative estimate of drug-likeness (QED) is 0.674. The van der Waals surface area contributed by atoms with Crippen molar-refractivity contribution in [1.29, 1.82) is 0 Å². The van der Waals surface area contributed by atoms with Gasteiger partial charge < -0.3 is 15.0 Å². The van der Waals surface area contributed by atoms with Gasteiger partial charge in [-0.2, -0.15) is 0 Å². The first-order valence-corrected chi connectivity index (χ1v) is 10.1. The molecule has 1 saturated heterocycles. The first kappa shape index (κ1) is 21.5. The first-order chi connectivity index (χ1) is 14.5. The Kier molecular flexibility index (Phi) is 7.17. The number of hydrogen-bond acceptors (Lipinski definition) is 4. The maximum absolute atomic E-state index is 13.0. The number of hydrogen-bond donors (Lipinski definition) is 1. The summed E-state index contributed by atoms with van der Waals surface area (Å²) in [6.45, 7) is 3.13. The molecule has 6 nitrogen and oxygen atoms in total. The minimum atomic E-state index is -0.431. The SMILES string of the molecule is CCCOC(=O)c1ccc(NC(=O)[C@@H]2CC(=O)N(CCc3ccc(F)cc3)C2)cc1. The molecular formula is C23H25FN2O4. The summed E-state index contributed by atoms with van der Waals surface area (Å²) in [4.78, 5) is 38.3. The van der Waals surface area contributed by atoms with E-state index in [0.29, 0.717) is 37.4 Å². The third-order valence-corrected chi connectivity index (χ3v) is 4.99. The van der Waals surface area contributed by atoms with Gasteiger partial charge in [-0.15, -0.1) is 0 Å². The highest BCUT2D eigenvalue weighted by atomic mass is 19.1. The average Bonchev–Trinajstić information content (AvgIpc) is 3.13. The van der Waals surface area contributed by atoms with E-state index in [4.69, 9.17) is 4.74 Å². The van der Waals surface area contributed by atoms with E-state index in [2.05, 4.69) is 5.32 Å². The minimum Gasteiger partial charge on any atom is -0.462 e. The molecule has 1 atom stereocenters. The molecule has 2 amide bonds. The Hall–Kier alpha value is -3.22. The van der Waals surface area contributed by atoms with Crippen molar-refractivity contribution in [2.24, 2.45) is 5.92 Å². The lowest BCUT2D eigenvalue weighted by atomic mass is 10.1. The fourth-order valence-electron chi connectivity index (χ4n) is 3.29. The van der Waals surface area contributed by atoms with Gasteiger partial charge in [0.2, 0.25) is 11.8 Å². The highest BCUT2D eigenvalue weighted by molar-refractivity contribution is 5.97. The Morgan fingerprint density at radius 3 is 2.50 bits per heavy atom. The number of ether oxygens (including phenoxy) is 1. The van der Waals surface area contributed by atoms with Crippen molar-refractivity contribution in [3.63, 3.8) is 0 Å². The molecule has 1 N–H and O–H groups in total. The Balaban J connectivity index is 1.50. The summed E-state index contributed by atoms with van der Waals surface area (Å²) < 4.78 is 18.1. The molecule has 0 unspecified atom stereocenters. The zero-order valence-electron chi connectivity index (χ0n) is 16.9. The lowest BCUT2D eigenvalue weighted by Crippen LogP contribution is -2.30. The lowest BCUT2D eigenvalue weighted by molar-refractivity contribution is -0.128. The third-order valence-electron chi connectivity index (χ3n) is 4.99. The van der Waals surface area contributed by atoms with Crippen LogP contribution in [0.4, 0.5) is 10.1 Å². The first-order valence-electron chi connectivity index (χ1n) is 10.1. The second-order valence-electron chi connectivity index (χ2n) is 7.32. The average molecular weight is 412 g/mol. The molecule has 0 radical (unpaired) electrons. The molecule has 30 heavy (non-hydrogen) atoms. The van der Waals surface area contributed by atoms with Gasteiger partial charge >= 0.3 is 5.97 Å². The largest absolute Gasteiger partial charge is 0.462 e. The summed E-state index contributed by atoms with van der Waals surface area (Å²) in [6, 6.07) is 12.7. The van der Waals surface area contributed by atoms with E-state index < -0.39 is 11.9 Å². The molecule has 1 aliphatic heterocycles. The van der Waals surface area contributed by atoms with Crippen LogP contribution < -0.4 is 5.32 Å². The molecule has 2 aromatic carbocycles. The monoisotopic (exact) mass is 412 g/mol. The molecule has 7 heteroatoms. The van der Waals surface area contributed by atoms with E-state index in [1.165, 1.54) is 12.1 Å². The van der Waals surface area contributed by atoms with Crippen LogP contribution in [0.25, 0.3) is 0 Å². The number of nitrogens with zero attached hydrogens (tertiary/aromatic N) is 1. The number of anilines is 1. The Bertz CT molecular complexity index is 896. The fraction of sp³-hybridized carbons (Fsp3) is 0.348. The zero-order chi connectivity index (χ0) is 21.5. The van der Waals surface area contributed by atoms with Gasteiger partial charge in [0.1, 0.15) is 5.82 Å². The Morgan fingerprint density at radius 1 is 1.13 bits per heavy atom. The molecule has 0 aromatic heterocycles. The number of esters is 1. The van der Waals surface area contributed by atoms with Crippen molar-refractivity contribution < 1.29 is 23.5 Å². The Labute approximate surface area is 175 Å². The van der Waals surface area contributed by atoms with Crippen molar-refractivity contribution in [3.8, 4) is 0 Å². The molecule has 0 spiro atoms. The highest BCUT2D eigenvalue weighted by Crippen LogP contribution is 2.21. The van der Waals surface area contributed by atoms with E-state index in [1.807, 2.05) is 6.92 Å². The summed E-state index contributed by atoms with van der Waals surface area (Å²) in [5.41, 5.74) is 1.92. The molecule has 3 rings (SSSR count). The number of likely N-dealkylation sites (tertiary alicyclic amines) is 1. The van der Waals surface area contributed by atoms with E-state index in [0.717, 1.165) is 12.0 Å². The highest BCUT2D eigenvalue weighted by Gasteiger charge is 2.34. The zero-order valence-corrected chi connectivity index (χ0v) is 16.9. The van der Waals surface area contributed by atoms with E-state index in [-0.39, 0.29) is 24.1 Å². The summed E-state index contributed by atoms with van der Waals surface area (Å²) >= 11 is 0. The topological polar surface area (TPSA) is 75.7 Å². The molecule has 0 bridgehead atoms. The lowest BCUT2D eigenvalue weighted by Gasteiger charge is -2.16. The van der Waals surface area contributed by atoms with Crippen LogP contribution in [0.1, 0.15) is 35.7 Å². The number of benzene rings is 2. The van der Waals surface area contributed by atoms with E-state index >= 15 is 0 Å². The van der Waals surface area contributed by atoms with Gasteiger partial charge in [0.15, 0.2) is 0 Å². The predicted molar refractivity (Wildman–Crippen MR) is 110 cm³/mol. The number of nitrogens with one attached hydrogen (secondary N) is 1. The summed E-state index contributed by atoms with van der Waals surface area (Å²) in [6.07, 6.45) is 1.52. The standard InChI is InChI=1S/C23H25FN2O4/c1-2-13-30-23(29)17-5-9-20(10-6-17)25-22(28)18-14-21(27)26(15-18)12-11-16-3-7-19(24)8-4-16/h3-10,18H,2,11-15H2,1H3,(H,25,28)/t18-/m1/s1. The van der Waals surface area contributed by atoms with Crippen LogP contribution in [0, 0.1) is 11.7 Å². The number of rotatable bonds is 8. The summed E-state index contributed by atoms with van der Waals surface area (Å²) in [5, 5.41) is 2.80. The van der Waals surface area contributed by atoms with Crippen LogP contribution in [0.15, 0.2) is 48.5 Å². The summed E-state index contributed by atoms with van der Waals surface area (Å²) in [7, 11) is 0. The molecule has 0 saturated carbocycles. The third kappa shape index (κ3) is 5.65. The van der Waals surface area contributed by atoms with Crippen molar-refractivity contribution in [3.05, 3.63) is 65.5 Å². The second-order valence-corrected chi connectivity index (χ2v) is 7.32. The molecule has 1 aliphatic rings.